The van der Waals surface area contributed by atoms with Gasteiger partial charge < -0.3 is 9.47 Å². The molecular weight excluding hydrogens is 639 g/mol. The SMILES string of the molecule is COc1ccc(-n2ccc(C(F)(F)F)n2)c(CN2C(=O)c3ccccc3C2=O)c1F.COc1ccc(-n2cncn2)c(CCl)c1F. The van der Waals surface area contributed by atoms with Crippen molar-refractivity contribution in [2.24, 2.45) is 0 Å². The first kappa shape index (κ1) is 32.1. The van der Waals surface area contributed by atoms with Gasteiger partial charge in [-0.3, -0.25) is 14.5 Å². The third-order valence-corrected chi connectivity index (χ3v) is 7.19. The van der Waals surface area contributed by atoms with Gasteiger partial charge >= 0.3 is 6.18 Å². The molecule has 0 N–H and O–H groups in total. The average Bonchev–Trinajstić information content (AvgIpc) is 3.81. The molecule has 0 bridgehead atoms. The average molecular weight is 661 g/mol. The zero-order valence-corrected chi connectivity index (χ0v) is 24.7. The molecule has 3 aromatic carbocycles. The molecule has 0 spiro atoms. The Balaban J connectivity index is 0.000000219. The molecule has 16 heteroatoms. The quantitative estimate of drug-likeness (QED) is 0.120. The lowest BCUT2D eigenvalue weighted by Crippen LogP contribution is -2.30. The Morgan fingerprint density at radius 2 is 1.37 bits per heavy atom. The molecule has 0 saturated heterocycles. The standard InChI is InChI=1S/C20H13F4N3O3.C10H9ClFN3O/c1-30-15-7-6-14(27-9-8-16(25-27)20(22,23)24)13(17(15)21)10-26-18(28)11-4-2-3-5-12(11)19(26)29;1-16-9-3-2-8(7(4-11)10(9)12)15-6-13-5-14-15/h2-9H,10H2,1H3;2-3,5-6H,4H2,1H3. The van der Waals surface area contributed by atoms with E-state index in [1.807, 2.05) is 0 Å². The van der Waals surface area contributed by atoms with E-state index in [-0.39, 0.29) is 39.8 Å². The Bertz CT molecular complexity index is 1880. The van der Waals surface area contributed by atoms with E-state index in [1.165, 1.54) is 61.9 Å². The van der Waals surface area contributed by atoms with Crippen LogP contribution in [0.25, 0.3) is 11.4 Å². The minimum absolute atomic E-state index is 0.0399. The molecule has 5 aromatic rings. The van der Waals surface area contributed by atoms with Gasteiger partial charge in [-0.1, -0.05) is 12.1 Å². The third-order valence-electron chi connectivity index (χ3n) is 6.93. The number of fused-ring (bicyclic) bond motifs is 1. The number of carbonyl (C=O) groups is 2. The Labute approximate surface area is 262 Å². The fourth-order valence-corrected chi connectivity index (χ4v) is 4.94. The fraction of sp³-hybridized carbons (Fsp3) is 0.167. The molecular formula is C30H22ClF5N6O4. The smallest absolute Gasteiger partial charge is 0.435 e. The highest BCUT2D eigenvalue weighted by Gasteiger charge is 2.37. The van der Waals surface area contributed by atoms with Crippen LogP contribution in [0, 0.1) is 11.6 Å². The molecule has 6 rings (SSSR count). The van der Waals surface area contributed by atoms with Crippen LogP contribution in [-0.2, 0) is 18.6 Å². The van der Waals surface area contributed by atoms with Crippen LogP contribution in [-0.4, -0.2) is 55.5 Å². The van der Waals surface area contributed by atoms with Crippen LogP contribution < -0.4 is 9.47 Å². The van der Waals surface area contributed by atoms with Crippen LogP contribution in [0.5, 0.6) is 11.5 Å². The number of ether oxygens (including phenoxy) is 2. The number of hydrogen-bond acceptors (Lipinski definition) is 7. The third kappa shape index (κ3) is 6.00. The van der Waals surface area contributed by atoms with Crippen LogP contribution in [0.2, 0.25) is 0 Å². The molecule has 238 valence electrons. The number of alkyl halides is 4. The van der Waals surface area contributed by atoms with E-state index < -0.39 is 41.9 Å². The van der Waals surface area contributed by atoms with Crippen molar-refractivity contribution in [1.82, 2.24) is 29.4 Å². The van der Waals surface area contributed by atoms with Crippen LogP contribution in [0.3, 0.4) is 0 Å². The molecule has 2 aromatic heterocycles. The number of benzene rings is 3. The van der Waals surface area contributed by atoms with E-state index in [2.05, 4.69) is 15.2 Å². The summed E-state index contributed by atoms with van der Waals surface area (Å²) in [5, 5.41) is 7.39. The highest BCUT2D eigenvalue weighted by molar-refractivity contribution is 6.21. The van der Waals surface area contributed by atoms with Gasteiger partial charge in [0.1, 0.15) is 12.7 Å². The topological polar surface area (TPSA) is 104 Å². The predicted molar refractivity (Wildman–Crippen MR) is 153 cm³/mol. The lowest BCUT2D eigenvalue weighted by atomic mass is 10.1. The van der Waals surface area contributed by atoms with Crippen LogP contribution in [0.15, 0.2) is 73.4 Å². The van der Waals surface area contributed by atoms with Crippen molar-refractivity contribution < 1.29 is 41.0 Å². The van der Waals surface area contributed by atoms with Crippen molar-refractivity contribution in [3.05, 3.63) is 113 Å². The molecule has 0 fully saturated rings. The van der Waals surface area contributed by atoms with Crippen LogP contribution in [0.4, 0.5) is 22.0 Å². The second-order valence-electron chi connectivity index (χ2n) is 9.52. The first-order chi connectivity index (χ1) is 22.0. The van der Waals surface area contributed by atoms with Crippen molar-refractivity contribution in [1.29, 1.82) is 0 Å². The van der Waals surface area contributed by atoms with E-state index in [9.17, 15) is 27.2 Å². The number of rotatable bonds is 7. The highest BCUT2D eigenvalue weighted by Crippen LogP contribution is 2.33. The van der Waals surface area contributed by atoms with E-state index >= 15 is 4.39 Å². The lowest BCUT2D eigenvalue weighted by molar-refractivity contribution is -0.141. The maximum atomic E-state index is 15.1. The number of halogens is 6. The van der Waals surface area contributed by atoms with Gasteiger partial charge in [0.15, 0.2) is 28.8 Å². The molecule has 2 amide bonds. The van der Waals surface area contributed by atoms with Gasteiger partial charge in [0.2, 0.25) is 0 Å². The molecule has 0 saturated carbocycles. The Kier molecular flexibility index (Phi) is 9.05. The molecule has 1 aliphatic heterocycles. The zero-order valence-electron chi connectivity index (χ0n) is 23.9. The van der Waals surface area contributed by atoms with Gasteiger partial charge in [-0.05, 0) is 42.5 Å². The van der Waals surface area contributed by atoms with Gasteiger partial charge in [0, 0.05) is 17.3 Å². The van der Waals surface area contributed by atoms with E-state index in [4.69, 9.17) is 21.1 Å². The highest BCUT2D eigenvalue weighted by atomic mass is 35.5. The van der Waals surface area contributed by atoms with E-state index in [1.54, 1.807) is 18.2 Å². The van der Waals surface area contributed by atoms with Crippen LogP contribution >= 0.6 is 11.6 Å². The fourth-order valence-electron chi connectivity index (χ4n) is 4.68. The summed E-state index contributed by atoms with van der Waals surface area (Å²) in [5.74, 6) is -2.60. The summed E-state index contributed by atoms with van der Waals surface area (Å²) in [5.41, 5.74) is -0.180. The first-order valence-electron chi connectivity index (χ1n) is 13.2. The van der Waals surface area contributed by atoms with Crippen molar-refractivity contribution in [3.63, 3.8) is 0 Å². The van der Waals surface area contributed by atoms with E-state index in [0.717, 1.165) is 21.8 Å². The number of aromatic nitrogens is 5. The van der Waals surface area contributed by atoms with Gasteiger partial charge in [0.05, 0.1) is 49.1 Å². The van der Waals surface area contributed by atoms with E-state index in [0.29, 0.717) is 11.3 Å². The van der Waals surface area contributed by atoms with Gasteiger partial charge in [-0.15, -0.1) is 11.6 Å². The van der Waals surface area contributed by atoms with Crippen molar-refractivity contribution >= 4 is 23.4 Å². The second-order valence-corrected chi connectivity index (χ2v) is 9.79. The molecule has 0 radical (unpaired) electrons. The zero-order chi connectivity index (χ0) is 33.2. The molecule has 0 unspecified atom stereocenters. The Morgan fingerprint density at radius 3 is 1.85 bits per heavy atom. The van der Waals surface area contributed by atoms with Crippen molar-refractivity contribution in [2.45, 2.75) is 18.6 Å². The largest absolute Gasteiger partial charge is 0.494 e. The summed E-state index contributed by atoms with van der Waals surface area (Å²) < 4.78 is 79.8. The molecule has 10 nitrogen and oxygen atoms in total. The molecule has 1 aliphatic rings. The minimum atomic E-state index is -4.68. The number of hydrogen-bond donors (Lipinski definition) is 0. The van der Waals surface area contributed by atoms with Crippen LogP contribution in [0.1, 0.15) is 37.5 Å². The molecule has 0 atom stereocenters. The Hall–Kier alpha value is -5.31. The summed E-state index contributed by atoms with van der Waals surface area (Å²) in [6.07, 6.45) is -0.799. The number of carbonyl (C=O) groups excluding carboxylic acids is 2. The summed E-state index contributed by atoms with van der Waals surface area (Å²) >= 11 is 5.73. The summed E-state index contributed by atoms with van der Waals surface area (Å²) in [4.78, 5) is 29.9. The maximum absolute atomic E-state index is 15.1. The van der Waals surface area contributed by atoms with Gasteiger partial charge in [-0.25, -0.2) is 23.1 Å². The van der Waals surface area contributed by atoms with Crippen molar-refractivity contribution in [3.8, 4) is 22.9 Å². The second kappa shape index (κ2) is 13.0. The normalized spacial score (nSPS) is 12.6. The maximum Gasteiger partial charge on any atom is 0.435 e. The molecule has 46 heavy (non-hydrogen) atoms. The Morgan fingerprint density at radius 1 is 0.804 bits per heavy atom. The summed E-state index contributed by atoms with van der Waals surface area (Å²) in [6, 6.07) is 12.6. The summed E-state index contributed by atoms with van der Waals surface area (Å²) in [6.45, 7) is -0.508. The molecule has 0 aliphatic carbocycles. The predicted octanol–water partition coefficient (Wildman–Crippen LogP) is 5.99. The monoisotopic (exact) mass is 660 g/mol. The first-order valence-corrected chi connectivity index (χ1v) is 13.7. The molecule has 3 heterocycles. The summed E-state index contributed by atoms with van der Waals surface area (Å²) in [7, 11) is 2.63. The lowest BCUT2D eigenvalue weighted by Gasteiger charge is -2.18. The van der Waals surface area contributed by atoms with Crippen molar-refractivity contribution in [2.75, 3.05) is 14.2 Å². The number of nitrogens with zero attached hydrogens (tertiary/aromatic N) is 6. The van der Waals surface area contributed by atoms with Gasteiger partial charge in [-0.2, -0.15) is 23.4 Å². The number of methoxy groups -OCH3 is 2. The van der Waals surface area contributed by atoms with Gasteiger partial charge in [0.25, 0.3) is 11.8 Å². The number of amides is 2. The minimum Gasteiger partial charge on any atom is -0.494 e. The number of imide groups is 1.